The first-order valence-corrected chi connectivity index (χ1v) is 10.5. The van der Waals surface area contributed by atoms with Crippen LogP contribution in [-0.2, 0) is 6.54 Å². The summed E-state index contributed by atoms with van der Waals surface area (Å²) in [6, 6.07) is 18.3. The van der Waals surface area contributed by atoms with Crippen LogP contribution in [0, 0.1) is 0 Å². The van der Waals surface area contributed by atoms with Gasteiger partial charge in [-0.2, -0.15) is 0 Å². The zero-order chi connectivity index (χ0) is 23.1. The van der Waals surface area contributed by atoms with E-state index in [2.05, 4.69) is 15.2 Å². The molecule has 0 N–H and O–H groups in total. The van der Waals surface area contributed by atoms with Crippen molar-refractivity contribution < 1.29 is 18.6 Å². The van der Waals surface area contributed by atoms with Gasteiger partial charge in [-0.25, -0.2) is 4.98 Å². The summed E-state index contributed by atoms with van der Waals surface area (Å²) >= 11 is 0. The van der Waals surface area contributed by atoms with E-state index in [1.54, 1.807) is 30.0 Å². The zero-order valence-electron chi connectivity index (χ0n) is 18.1. The number of nitrogens with zero attached hydrogens (tertiary/aromatic N) is 4. The summed E-state index contributed by atoms with van der Waals surface area (Å²) in [5.41, 5.74) is 2.34. The fraction of sp³-hybridized carbons (Fsp3) is 0.120. The van der Waals surface area contributed by atoms with Gasteiger partial charge in [-0.3, -0.25) is 9.36 Å². The van der Waals surface area contributed by atoms with Crippen LogP contribution in [0.25, 0.3) is 33.6 Å². The molecule has 0 amide bonds. The molecule has 2 aromatic carbocycles. The summed E-state index contributed by atoms with van der Waals surface area (Å²) in [4.78, 5) is 17.9. The average molecular weight is 454 g/mol. The predicted octanol–water partition coefficient (Wildman–Crippen LogP) is 3.90. The first kappa shape index (κ1) is 20.0. The number of methoxy groups -OCH3 is 1. The summed E-state index contributed by atoms with van der Waals surface area (Å²) in [7, 11) is 1.60. The van der Waals surface area contributed by atoms with Crippen molar-refractivity contribution in [3.63, 3.8) is 0 Å². The molecule has 1 aliphatic heterocycles. The Bertz CT molecular complexity index is 1570. The number of fused-ring (bicyclic) bond motifs is 2. The van der Waals surface area contributed by atoms with Crippen LogP contribution in [0.3, 0.4) is 0 Å². The fourth-order valence-corrected chi connectivity index (χ4v) is 3.93. The molecule has 6 rings (SSSR count). The Labute approximate surface area is 193 Å². The van der Waals surface area contributed by atoms with E-state index in [0.29, 0.717) is 39.9 Å². The van der Waals surface area contributed by atoms with Crippen molar-refractivity contribution in [2.24, 2.45) is 0 Å². The second kappa shape index (κ2) is 8.04. The molecule has 0 aliphatic carbocycles. The minimum Gasteiger partial charge on any atom is -0.497 e. The van der Waals surface area contributed by atoms with Crippen LogP contribution in [0.2, 0.25) is 0 Å². The number of ether oxygens (including phenoxy) is 3. The molecular formula is C25H18N4O5. The molecule has 168 valence electrons. The van der Waals surface area contributed by atoms with Gasteiger partial charge < -0.3 is 18.6 Å². The SMILES string of the molecule is COc1ccc(-c2cc3cccnc3n(Cc3nnc(-c4ccc5c(c4)OCO5)o3)c2=O)cc1. The highest BCUT2D eigenvalue weighted by Gasteiger charge is 2.18. The lowest BCUT2D eigenvalue weighted by Gasteiger charge is -2.11. The highest BCUT2D eigenvalue weighted by Crippen LogP contribution is 2.35. The van der Waals surface area contributed by atoms with Crippen LogP contribution in [0.4, 0.5) is 0 Å². The Kier molecular flexibility index (Phi) is 4.72. The molecule has 0 bridgehead atoms. The first-order chi connectivity index (χ1) is 16.7. The van der Waals surface area contributed by atoms with E-state index in [-0.39, 0.29) is 24.8 Å². The monoisotopic (exact) mass is 454 g/mol. The number of hydrogen-bond acceptors (Lipinski definition) is 8. The van der Waals surface area contributed by atoms with Crippen molar-refractivity contribution >= 4 is 11.0 Å². The van der Waals surface area contributed by atoms with Crippen molar-refractivity contribution in [1.29, 1.82) is 0 Å². The lowest BCUT2D eigenvalue weighted by atomic mass is 10.1. The molecule has 0 spiro atoms. The van der Waals surface area contributed by atoms with E-state index in [4.69, 9.17) is 18.6 Å². The van der Waals surface area contributed by atoms with Crippen molar-refractivity contribution in [3.05, 3.63) is 83.1 Å². The molecule has 0 atom stereocenters. The number of hydrogen-bond donors (Lipinski definition) is 0. The quantitative estimate of drug-likeness (QED) is 0.394. The van der Waals surface area contributed by atoms with Gasteiger partial charge in [0.25, 0.3) is 5.56 Å². The topological polar surface area (TPSA) is 102 Å². The van der Waals surface area contributed by atoms with Crippen LogP contribution < -0.4 is 19.8 Å². The molecule has 9 heteroatoms. The second-order valence-electron chi connectivity index (χ2n) is 7.66. The van der Waals surface area contributed by atoms with E-state index < -0.39 is 0 Å². The standard InChI is InChI=1S/C25H18N4O5/c1-31-18-7-4-15(5-8-18)19-11-16-3-2-10-26-23(16)29(25(19)30)13-22-27-28-24(34-22)17-6-9-20-21(12-17)33-14-32-20/h2-12H,13-14H2,1H3. The summed E-state index contributed by atoms with van der Waals surface area (Å²) in [6.45, 7) is 0.259. The van der Waals surface area contributed by atoms with E-state index in [1.807, 2.05) is 48.5 Å². The second-order valence-corrected chi connectivity index (χ2v) is 7.66. The van der Waals surface area contributed by atoms with E-state index >= 15 is 0 Å². The third-order valence-electron chi connectivity index (χ3n) is 5.63. The molecule has 1 aliphatic rings. The van der Waals surface area contributed by atoms with Gasteiger partial charge >= 0.3 is 0 Å². The molecule has 0 unspecified atom stereocenters. The maximum atomic E-state index is 13.5. The minimum absolute atomic E-state index is 0.0773. The zero-order valence-corrected chi connectivity index (χ0v) is 18.1. The van der Waals surface area contributed by atoms with Crippen molar-refractivity contribution in [2.45, 2.75) is 6.54 Å². The van der Waals surface area contributed by atoms with Crippen LogP contribution in [-0.4, -0.2) is 33.7 Å². The summed E-state index contributed by atoms with van der Waals surface area (Å²) < 4.78 is 23.4. The summed E-state index contributed by atoms with van der Waals surface area (Å²) in [5, 5.41) is 9.14. The van der Waals surface area contributed by atoms with Crippen molar-refractivity contribution in [2.75, 3.05) is 13.9 Å². The molecule has 5 aromatic rings. The number of benzene rings is 2. The molecule has 34 heavy (non-hydrogen) atoms. The maximum Gasteiger partial charge on any atom is 0.260 e. The lowest BCUT2D eigenvalue weighted by molar-refractivity contribution is 0.174. The fourth-order valence-electron chi connectivity index (χ4n) is 3.93. The number of pyridine rings is 2. The van der Waals surface area contributed by atoms with Crippen molar-refractivity contribution in [3.8, 4) is 39.8 Å². The predicted molar refractivity (Wildman–Crippen MR) is 123 cm³/mol. The third-order valence-corrected chi connectivity index (χ3v) is 5.63. The molecular weight excluding hydrogens is 436 g/mol. The van der Waals surface area contributed by atoms with Gasteiger partial charge in [0.15, 0.2) is 11.5 Å². The molecule has 0 radical (unpaired) electrons. The Morgan fingerprint density at radius 2 is 1.79 bits per heavy atom. The van der Waals surface area contributed by atoms with Crippen LogP contribution in [0.1, 0.15) is 5.89 Å². The summed E-state index contributed by atoms with van der Waals surface area (Å²) in [5.74, 6) is 2.62. The van der Waals surface area contributed by atoms with E-state index in [9.17, 15) is 4.79 Å². The Morgan fingerprint density at radius 3 is 2.65 bits per heavy atom. The van der Waals surface area contributed by atoms with Gasteiger partial charge in [-0.15, -0.1) is 10.2 Å². The highest BCUT2D eigenvalue weighted by atomic mass is 16.7. The minimum atomic E-state index is -0.209. The summed E-state index contributed by atoms with van der Waals surface area (Å²) in [6.07, 6.45) is 1.65. The number of rotatable bonds is 5. The smallest absolute Gasteiger partial charge is 0.260 e. The Morgan fingerprint density at radius 1 is 0.971 bits per heavy atom. The van der Waals surface area contributed by atoms with Gasteiger partial charge in [-0.05, 0) is 54.1 Å². The average Bonchev–Trinajstić information content (AvgIpc) is 3.55. The highest BCUT2D eigenvalue weighted by molar-refractivity contribution is 5.81. The molecule has 0 fully saturated rings. The maximum absolute atomic E-state index is 13.5. The molecule has 9 nitrogen and oxygen atoms in total. The number of aromatic nitrogens is 4. The third kappa shape index (κ3) is 3.43. The first-order valence-electron chi connectivity index (χ1n) is 10.5. The van der Waals surface area contributed by atoms with Gasteiger partial charge in [0, 0.05) is 22.7 Å². The molecule has 4 heterocycles. The molecule has 3 aromatic heterocycles. The van der Waals surface area contributed by atoms with Gasteiger partial charge in [-0.1, -0.05) is 12.1 Å². The molecule has 0 saturated carbocycles. The largest absolute Gasteiger partial charge is 0.497 e. The Balaban J connectivity index is 1.40. The van der Waals surface area contributed by atoms with Gasteiger partial charge in [0.1, 0.15) is 17.9 Å². The van der Waals surface area contributed by atoms with Gasteiger partial charge in [0.2, 0.25) is 18.6 Å². The van der Waals surface area contributed by atoms with E-state index in [0.717, 1.165) is 10.9 Å². The normalized spacial score (nSPS) is 12.3. The van der Waals surface area contributed by atoms with Crippen LogP contribution >= 0.6 is 0 Å². The van der Waals surface area contributed by atoms with Crippen molar-refractivity contribution in [1.82, 2.24) is 19.7 Å². The van der Waals surface area contributed by atoms with Crippen LogP contribution in [0.5, 0.6) is 17.2 Å². The Hall–Kier alpha value is -4.66. The van der Waals surface area contributed by atoms with Gasteiger partial charge in [0.05, 0.1) is 7.11 Å². The van der Waals surface area contributed by atoms with E-state index in [1.165, 1.54) is 0 Å². The van der Waals surface area contributed by atoms with Crippen LogP contribution in [0.15, 0.2) is 76.1 Å². The molecule has 0 saturated heterocycles. The lowest BCUT2D eigenvalue weighted by Crippen LogP contribution is -2.23.